The topological polar surface area (TPSA) is 21.3 Å². The summed E-state index contributed by atoms with van der Waals surface area (Å²) in [6.45, 7) is 2.85. The van der Waals surface area contributed by atoms with Crippen LogP contribution in [0.1, 0.15) is 23.6 Å². The van der Waals surface area contributed by atoms with Crippen molar-refractivity contribution < 1.29 is 4.74 Å². The van der Waals surface area contributed by atoms with Crippen molar-refractivity contribution in [2.75, 3.05) is 11.9 Å². The Morgan fingerprint density at radius 1 is 1.15 bits per heavy atom. The lowest BCUT2D eigenvalue weighted by Gasteiger charge is -2.28. The Kier molecular flexibility index (Phi) is 4.03. The van der Waals surface area contributed by atoms with E-state index in [-0.39, 0.29) is 6.04 Å². The lowest BCUT2D eigenvalue weighted by molar-refractivity contribution is 0.274. The number of ether oxygens (including phenoxy) is 1. The second-order valence-electron chi connectivity index (χ2n) is 4.98. The lowest BCUT2D eigenvalue weighted by Crippen LogP contribution is -2.20. The number of anilines is 1. The Labute approximate surface area is 135 Å². The molecule has 3 rings (SSSR count). The standard InChI is InChI=1S/C16H15Br2NO/c1-10-8-12(3-4-14(10)18)19-15-6-7-20-16-5-2-11(17)9-13(15)16/h2-5,8-9,15,19H,6-7H2,1H3. The summed E-state index contributed by atoms with van der Waals surface area (Å²) in [7, 11) is 0. The van der Waals surface area contributed by atoms with Gasteiger partial charge in [-0.25, -0.2) is 0 Å². The smallest absolute Gasteiger partial charge is 0.124 e. The molecule has 1 heterocycles. The largest absolute Gasteiger partial charge is 0.493 e. The van der Waals surface area contributed by atoms with E-state index in [1.807, 2.05) is 12.1 Å². The third-order valence-corrected chi connectivity index (χ3v) is 4.89. The second-order valence-corrected chi connectivity index (χ2v) is 6.75. The fraction of sp³-hybridized carbons (Fsp3) is 0.250. The van der Waals surface area contributed by atoms with E-state index in [0.717, 1.165) is 33.4 Å². The fourth-order valence-corrected chi connectivity index (χ4v) is 3.08. The molecule has 0 amide bonds. The summed E-state index contributed by atoms with van der Waals surface area (Å²) in [5.74, 6) is 0.978. The van der Waals surface area contributed by atoms with Gasteiger partial charge in [-0.05, 0) is 48.9 Å². The Morgan fingerprint density at radius 2 is 2.00 bits per heavy atom. The van der Waals surface area contributed by atoms with Crippen molar-refractivity contribution in [2.24, 2.45) is 0 Å². The van der Waals surface area contributed by atoms with Gasteiger partial charge < -0.3 is 10.1 Å². The first-order valence-electron chi connectivity index (χ1n) is 6.58. The van der Waals surface area contributed by atoms with E-state index in [1.54, 1.807) is 0 Å². The molecule has 0 saturated carbocycles. The van der Waals surface area contributed by atoms with E-state index < -0.39 is 0 Å². The molecule has 4 heteroatoms. The van der Waals surface area contributed by atoms with E-state index in [1.165, 1.54) is 11.1 Å². The molecule has 1 aliphatic heterocycles. The van der Waals surface area contributed by atoms with Crippen molar-refractivity contribution >= 4 is 37.5 Å². The van der Waals surface area contributed by atoms with Crippen LogP contribution in [0.25, 0.3) is 0 Å². The molecule has 0 spiro atoms. The molecule has 2 nitrogen and oxygen atoms in total. The van der Waals surface area contributed by atoms with Crippen LogP contribution in [0.4, 0.5) is 5.69 Å². The van der Waals surface area contributed by atoms with Gasteiger partial charge >= 0.3 is 0 Å². The van der Waals surface area contributed by atoms with Crippen molar-refractivity contribution in [3.8, 4) is 5.75 Å². The number of nitrogens with one attached hydrogen (secondary N) is 1. The van der Waals surface area contributed by atoms with E-state index in [0.29, 0.717) is 0 Å². The van der Waals surface area contributed by atoms with Crippen LogP contribution in [0.5, 0.6) is 5.75 Å². The van der Waals surface area contributed by atoms with Crippen molar-refractivity contribution in [3.05, 3.63) is 56.5 Å². The molecular weight excluding hydrogens is 382 g/mol. The van der Waals surface area contributed by atoms with Gasteiger partial charge in [-0.15, -0.1) is 0 Å². The highest BCUT2D eigenvalue weighted by Crippen LogP contribution is 2.36. The molecule has 2 aromatic carbocycles. The van der Waals surface area contributed by atoms with E-state index in [4.69, 9.17) is 4.74 Å². The van der Waals surface area contributed by atoms with Crippen molar-refractivity contribution in [2.45, 2.75) is 19.4 Å². The molecule has 0 bridgehead atoms. The number of benzene rings is 2. The van der Waals surface area contributed by atoms with Crippen LogP contribution in [-0.4, -0.2) is 6.61 Å². The Balaban J connectivity index is 1.89. The number of hydrogen-bond acceptors (Lipinski definition) is 2. The molecule has 0 aliphatic carbocycles. The normalized spacial score (nSPS) is 17.2. The van der Waals surface area contributed by atoms with Crippen LogP contribution in [-0.2, 0) is 0 Å². The van der Waals surface area contributed by atoms with Crippen LogP contribution in [0.2, 0.25) is 0 Å². The molecule has 2 aromatic rings. The number of rotatable bonds is 2. The maximum atomic E-state index is 5.72. The van der Waals surface area contributed by atoms with Gasteiger partial charge in [0.05, 0.1) is 12.6 Å². The minimum Gasteiger partial charge on any atom is -0.493 e. The van der Waals surface area contributed by atoms with Gasteiger partial charge in [0.2, 0.25) is 0 Å². The zero-order valence-corrected chi connectivity index (χ0v) is 14.3. The Hall–Kier alpha value is -1.00. The SMILES string of the molecule is Cc1cc(NC2CCOc3ccc(Br)cc32)ccc1Br. The molecule has 0 aromatic heterocycles. The summed E-state index contributed by atoms with van der Waals surface area (Å²) in [4.78, 5) is 0. The van der Waals surface area contributed by atoms with Crippen LogP contribution < -0.4 is 10.1 Å². The summed E-state index contributed by atoms with van der Waals surface area (Å²) in [6.07, 6.45) is 0.971. The molecule has 0 radical (unpaired) electrons. The molecule has 0 fully saturated rings. The minimum atomic E-state index is 0.289. The molecule has 1 atom stereocenters. The average molecular weight is 397 g/mol. The highest BCUT2D eigenvalue weighted by atomic mass is 79.9. The van der Waals surface area contributed by atoms with Crippen molar-refractivity contribution in [1.29, 1.82) is 0 Å². The summed E-state index contributed by atoms with van der Waals surface area (Å²) >= 11 is 7.07. The number of halogens is 2. The monoisotopic (exact) mass is 395 g/mol. The number of fused-ring (bicyclic) bond motifs is 1. The molecule has 1 unspecified atom stereocenters. The summed E-state index contributed by atoms with van der Waals surface area (Å²) < 4.78 is 7.94. The van der Waals surface area contributed by atoms with Gasteiger partial charge in [0, 0.05) is 26.6 Å². The Morgan fingerprint density at radius 3 is 2.80 bits per heavy atom. The predicted octanol–water partition coefficient (Wildman–Crippen LogP) is 5.46. The van der Waals surface area contributed by atoms with Gasteiger partial charge in [0.1, 0.15) is 5.75 Å². The van der Waals surface area contributed by atoms with Gasteiger partial charge in [-0.3, -0.25) is 0 Å². The first-order valence-corrected chi connectivity index (χ1v) is 8.17. The summed E-state index contributed by atoms with van der Waals surface area (Å²) in [5.41, 5.74) is 3.59. The summed E-state index contributed by atoms with van der Waals surface area (Å²) in [5, 5.41) is 3.61. The van der Waals surface area contributed by atoms with Crippen LogP contribution in [0.15, 0.2) is 45.3 Å². The number of aryl methyl sites for hydroxylation is 1. The fourth-order valence-electron chi connectivity index (χ4n) is 2.45. The van der Waals surface area contributed by atoms with Crippen LogP contribution in [0, 0.1) is 6.92 Å². The minimum absolute atomic E-state index is 0.289. The quantitative estimate of drug-likeness (QED) is 0.727. The van der Waals surface area contributed by atoms with Crippen molar-refractivity contribution in [1.82, 2.24) is 0 Å². The maximum absolute atomic E-state index is 5.72. The molecule has 0 saturated heterocycles. The lowest BCUT2D eigenvalue weighted by atomic mass is 10.00. The van der Waals surface area contributed by atoms with Crippen molar-refractivity contribution in [3.63, 3.8) is 0 Å². The van der Waals surface area contributed by atoms with E-state index >= 15 is 0 Å². The molecule has 20 heavy (non-hydrogen) atoms. The van der Waals surface area contributed by atoms with Gasteiger partial charge in [-0.2, -0.15) is 0 Å². The highest BCUT2D eigenvalue weighted by Gasteiger charge is 2.21. The van der Waals surface area contributed by atoms with Gasteiger partial charge in [0.25, 0.3) is 0 Å². The zero-order chi connectivity index (χ0) is 14.1. The molecule has 1 N–H and O–H groups in total. The Bertz CT molecular complexity index is 642. The first-order chi connectivity index (χ1) is 9.63. The molecule has 104 valence electrons. The third kappa shape index (κ3) is 2.86. The maximum Gasteiger partial charge on any atom is 0.124 e. The first kappa shape index (κ1) is 14.0. The van der Waals surface area contributed by atoms with Gasteiger partial charge in [-0.1, -0.05) is 31.9 Å². The van der Waals surface area contributed by atoms with E-state index in [9.17, 15) is 0 Å². The second kappa shape index (κ2) is 5.78. The van der Waals surface area contributed by atoms with Crippen LogP contribution in [0.3, 0.4) is 0 Å². The highest BCUT2D eigenvalue weighted by molar-refractivity contribution is 9.10. The predicted molar refractivity (Wildman–Crippen MR) is 89.5 cm³/mol. The average Bonchev–Trinajstić information content (AvgIpc) is 2.44. The number of hydrogen-bond donors (Lipinski definition) is 1. The summed E-state index contributed by atoms with van der Waals surface area (Å²) in [6, 6.07) is 12.8. The molecular formula is C16H15Br2NO. The van der Waals surface area contributed by atoms with Gasteiger partial charge in [0.15, 0.2) is 0 Å². The zero-order valence-electron chi connectivity index (χ0n) is 11.1. The third-order valence-electron chi connectivity index (χ3n) is 3.51. The van der Waals surface area contributed by atoms with E-state index in [2.05, 4.69) is 68.4 Å². The molecule has 1 aliphatic rings. The van der Waals surface area contributed by atoms with Crippen LogP contribution >= 0.6 is 31.9 Å².